The molecule has 0 unspecified atom stereocenters. The molecule has 0 aliphatic rings. The van der Waals surface area contributed by atoms with Crippen LogP contribution in [-0.2, 0) is 0 Å². The van der Waals surface area contributed by atoms with Crippen molar-refractivity contribution in [2.45, 2.75) is 0 Å². The molecule has 0 saturated carbocycles. The van der Waals surface area contributed by atoms with E-state index in [1.807, 2.05) is 0 Å². The van der Waals surface area contributed by atoms with Crippen molar-refractivity contribution in [2.75, 3.05) is 0 Å². The van der Waals surface area contributed by atoms with Gasteiger partial charge in [-0.05, 0) is 84.9 Å². The molecule has 0 spiro atoms. The molecule has 13 rings (SSSR count). The zero-order chi connectivity index (χ0) is 37.9. The van der Waals surface area contributed by atoms with Crippen molar-refractivity contribution in [3.63, 3.8) is 0 Å². The van der Waals surface area contributed by atoms with Crippen LogP contribution >= 0.6 is 0 Å². The Bertz CT molecular complexity index is 3780. The van der Waals surface area contributed by atoms with Gasteiger partial charge in [0.25, 0.3) is 0 Å². The van der Waals surface area contributed by atoms with Gasteiger partial charge in [-0.2, -0.15) is 0 Å². The highest BCUT2D eigenvalue weighted by Crippen LogP contribution is 2.44. The standard InChI is InChI=1S/C54H34N4/c1-3-16-35(17-4-1)55-45-27-12-8-23-41(45)51-48(55)32-33-49-52(51)42-24-9-13-28-46(42)56(49)37-20-15-21-38(34-37)57-47-29-14-10-25-43(47)53-50(57)31-30-40-39-22-7-11-26-44(39)58(54(40)53)36-18-5-2-6-19-36/h1-34H. The van der Waals surface area contributed by atoms with Gasteiger partial charge in [0.15, 0.2) is 0 Å². The minimum absolute atomic E-state index is 1.12. The molecule has 9 aromatic carbocycles. The first kappa shape index (κ1) is 31.4. The van der Waals surface area contributed by atoms with Gasteiger partial charge in [-0.15, -0.1) is 0 Å². The van der Waals surface area contributed by atoms with E-state index in [4.69, 9.17) is 0 Å². The van der Waals surface area contributed by atoms with E-state index >= 15 is 0 Å². The summed E-state index contributed by atoms with van der Waals surface area (Å²) < 4.78 is 9.78. The van der Waals surface area contributed by atoms with Crippen molar-refractivity contribution >= 4 is 87.2 Å². The van der Waals surface area contributed by atoms with E-state index in [1.165, 1.54) is 87.2 Å². The lowest BCUT2D eigenvalue weighted by Gasteiger charge is -2.13. The minimum Gasteiger partial charge on any atom is -0.309 e. The lowest BCUT2D eigenvalue weighted by molar-refractivity contribution is 1.13. The van der Waals surface area contributed by atoms with Crippen molar-refractivity contribution < 1.29 is 0 Å². The number of hydrogen-bond acceptors (Lipinski definition) is 0. The fourth-order valence-corrected chi connectivity index (χ4v) is 10.1. The molecular weight excluding hydrogens is 705 g/mol. The Morgan fingerprint density at radius 3 is 1.10 bits per heavy atom. The third-order valence-corrected chi connectivity index (χ3v) is 12.3. The summed E-state index contributed by atoms with van der Waals surface area (Å²) in [4.78, 5) is 0. The fourth-order valence-electron chi connectivity index (χ4n) is 10.1. The molecule has 0 N–H and O–H groups in total. The quantitative estimate of drug-likeness (QED) is 0.171. The molecule has 4 heterocycles. The van der Waals surface area contributed by atoms with E-state index < -0.39 is 0 Å². The molecule has 0 bridgehead atoms. The van der Waals surface area contributed by atoms with Crippen molar-refractivity contribution in [1.29, 1.82) is 0 Å². The zero-order valence-corrected chi connectivity index (χ0v) is 31.4. The number of fused-ring (bicyclic) bond motifs is 14. The van der Waals surface area contributed by atoms with Crippen LogP contribution in [0.3, 0.4) is 0 Å². The number of aromatic nitrogens is 4. The molecule has 0 amide bonds. The summed E-state index contributed by atoms with van der Waals surface area (Å²) in [5.41, 5.74) is 14.2. The summed E-state index contributed by atoms with van der Waals surface area (Å²) >= 11 is 0. The van der Waals surface area contributed by atoms with Gasteiger partial charge in [0, 0.05) is 65.8 Å². The first-order chi connectivity index (χ1) is 28.8. The van der Waals surface area contributed by atoms with Crippen molar-refractivity contribution in [3.8, 4) is 22.7 Å². The van der Waals surface area contributed by atoms with Gasteiger partial charge >= 0.3 is 0 Å². The Hall–Kier alpha value is -7.82. The predicted molar refractivity (Wildman–Crippen MR) is 244 cm³/mol. The smallest absolute Gasteiger partial charge is 0.0641 e. The maximum Gasteiger partial charge on any atom is 0.0641 e. The summed E-state index contributed by atoms with van der Waals surface area (Å²) in [5.74, 6) is 0. The Morgan fingerprint density at radius 1 is 0.207 bits per heavy atom. The summed E-state index contributed by atoms with van der Waals surface area (Å²) in [5, 5.41) is 10.1. The molecule has 4 nitrogen and oxygen atoms in total. The summed E-state index contributed by atoms with van der Waals surface area (Å²) in [6.45, 7) is 0. The maximum absolute atomic E-state index is 2.46. The highest BCUT2D eigenvalue weighted by molar-refractivity contribution is 6.29. The molecule has 0 aliphatic carbocycles. The monoisotopic (exact) mass is 738 g/mol. The third-order valence-electron chi connectivity index (χ3n) is 12.3. The molecule has 13 aromatic rings. The van der Waals surface area contributed by atoms with E-state index in [0.29, 0.717) is 0 Å². The van der Waals surface area contributed by atoms with Crippen LogP contribution in [0.15, 0.2) is 206 Å². The van der Waals surface area contributed by atoms with E-state index in [2.05, 4.69) is 225 Å². The van der Waals surface area contributed by atoms with Crippen LogP contribution in [0.4, 0.5) is 0 Å². The van der Waals surface area contributed by atoms with E-state index in [-0.39, 0.29) is 0 Å². The molecule has 0 radical (unpaired) electrons. The van der Waals surface area contributed by atoms with Gasteiger partial charge < -0.3 is 18.3 Å². The number of benzene rings is 9. The summed E-state index contributed by atoms with van der Waals surface area (Å²) in [6.07, 6.45) is 0. The van der Waals surface area contributed by atoms with Crippen LogP contribution in [0.2, 0.25) is 0 Å². The Balaban J connectivity index is 1.10. The third kappa shape index (κ3) is 4.18. The summed E-state index contributed by atoms with van der Waals surface area (Å²) in [7, 11) is 0. The van der Waals surface area contributed by atoms with E-state index in [0.717, 1.165) is 22.7 Å². The second-order valence-electron chi connectivity index (χ2n) is 15.3. The first-order valence-electron chi connectivity index (χ1n) is 20.0. The van der Waals surface area contributed by atoms with Crippen molar-refractivity contribution in [3.05, 3.63) is 206 Å². The largest absolute Gasteiger partial charge is 0.309 e. The zero-order valence-electron chi connectivity index (χ0n) is 31.4. The van der Waals surface area contributed by atoms with Crippen LogP contribution in [0.1, 0.15) is 0 Å². The lowest BCUT2D eigenvalue weighted by atomic mass is 10.1. The Labute approximate surface area is 333 Å². The van der Waals surface area contributed by atoms with Gasteiger partial charge in [-0.1, -0.05) is 121 Å². The average Bonchev–Trinajstić information content (AvgIpc) is 4.02. The molecule has 58 heavy (non-hydrogen) atoms. The number of hydrogen-bond donors (Lipinski definition) is 0. The molecule has 0 atom stereocenters. The Morgan fingerprint density at radius 2 is 0.569 bits per heavy atom. The number of para-hydroxylation sites is 6. The first-order valence-corrected chi connectivity index (χ1v) is 20.0. The molecule has 0 fully saturated rings. The molecule has 0 saturated heterocycles. The van der Waals surface area contributed by atoms with Gasteiger partial charge in [-0.25, -0.2) is 0 Å². The molecule has 0 aliphatic heterocycles. The minimum atomic E-state index is 1.12. The molecule has 4 aromatic heterocycles. The maximum atomic E-state index is 2.46. The van der Waals surface area contributed by atoms with Crippen LogP contribution in [0, 0.1) is 0 Å². The highest BCUT2D eigenvalue weighted by atomic mass is 15.0. The number of rotatable bonds is 4. The van der Waals surface area contributed by atoms with Crippen LogP contribution < -0.4 is 0 Å². The lowest BCUT2D eigenvalue weighted by Crippen LogP contribution is -1.99. The molecular formula is C54H34N4. The van der Waals surface area contributed by atoms with Crippen LogP contribution in [0.25, 0.3) is 110 Å². The van der Waals surface area contributed by atoms with Gasteiger partial charge in [0.05, 0.1) is 44.1 Å². The summed E-state index contributed by atoms with van der Waals surface area (Å²) in [6, 6.07) is 75.3. The molecule has 270 valence electrons. The van der Waals surface area contributed by atoms with Gasteiger partial charge in [0.1, 0.15) is 0 Å². The fraction of sp³-hybridized carbons (Fsp3) is 0. The van der Waals surface area contributed by atoms with Gasteiger partial charge in [-0.3, -0.25) is 0 Å². The normalized spacial score (nSPS) is 12.1. The van der Waals surface area contributed by atoms with E-state index in [1.54, 1.807) is 0 Å². The van der Waals surface area contributed by atoms with Gasteiger partial charge in [0.2, 0.25) is 0 Å². The van der Waals surface area contributed by atoms with Crippen LogP contribution in [0.5, 0.6) is 0 Å². The predicted octanol–water partition coefficient (Wildman–Crippen LogP) is 14.1. The second-order valence-corrected chi connectivity index (χ2v) is 15.3. The van der Waals surface area contributed by atoms with E-state index in [9.17, 15) is 0 Å². The van der Waals surface area contributed by atoms with Crippen molar-refractivity contribution in [2.24, 2.45) is 0 Å². The van der Waals surface area contributed by atoms with Crippen molar-refractivity contribution in [1.82, 2.24) is 18.3 Å². The average molecular weight is 739 g/mol. The SMILES string of the molecule is c1ccc(-n2c3ccccc3c3c4c5ccccc5n(-c5cccc(-n6c7ccccc7c7c6ccc6c8ccccc8n(-c8ccccc8)c67)c5)c4ccc32)cc1. The molecule has 4 heteroatoms. The second kappa shape index (κ2) is 11.8. The highest BCUT2D eigenvalue weighted by Gasteiger charge is 2.23. The number of nitrogens with zero attached hydrogens (tertiary/aromatic N) is 4. The Kier molecular flexibility index (Phi) is 6.41. The topological polar surface area (TPSA) is 19.7 Å². The van der Waals surface area contributed by atoms with Crippen LogP contribution in [-0.4, -0.2) is 18.3 Å².